The van der Waals surface area contributed by atoms with Crippen molar-refractivity contribution in [1.29, 1.82) is 0 Å². The molecule has 0 bridgehead atoms. The van der Waals surface area contributed by atoms with Crippen LogP contribution in [0.1, 0.15) is 42.2 Å². The fraction of sp³-hybridized carbons (Fsp3) is 0.571. The number of rotatable bonds is 5. The molecule has 19 heavy (non-hydrogen) atoms. The molecule has 0 aliphatic carbocycles. The molecule has 104 valence electrons. The number of aromatic nitrogens is 4. The highest BCUT2D eigenvalue weighted by atomic mass is 15.3. The molecule has 0 aliphatic heterocycles. The normalized spacial score (nSPS) is 12.9. The van der Waals surface area contributed by atoms with Crippen molar-refractivity contribution in [3.05, 3.63) is 35.2 Å². The minimum atomic E-state index is 0.105. The van der Waals surface area contributed by atoms with Gasteiger partial charge in [-0.05, 0) is 26.8 Å². The summed E-state index contributed by atoms with van der Waals surface area (Å²) < 4.78 is 4.01. The topological polar surface area (TPSA) is 47.7 Å². The van der Waals surface area contributed by atoms with E-state index in [2.05, 4.69) is 40.7 Å². The molecule has 2 rings (SSSR count). The van der Waals surface area contributed by atoms with Crippen LogP contribution in [0.25, 0.3) is 0 Å². The molecular weight excluding hydrogens is 238 g/mol. The zero-order valence-corrected chi connectivity index (χ0v) is 12.4. The molecule has 1 atom stereocenters. The summed E-state index contributed by atoms with van der Waals surface area (Å²) >= 11 is 0. The van der Waals surface area contributed by atoms with Crippen LogP contribution in [0.2, 0.25) is 0 Å². The fourth-order valence-corrected chi connectivity index (χ4v) is 2.47. The Morgan fingerprint density at radius 2 is 2.05 bits per heavy atom. The zero-order chi connectivity index (χ0) is 14.0. The Balaban J connectivity index is 2.46. The predicted octanol–water partition coefficient (Wildman–Crippen LogP) is 1.86. The minimum absolute atomic E-state index is 0.105. The van der Waals surface area contributed by atoms with Crippen LogP contribution >= 0.6 is 0 Å². The van der Waals surface area contributed by atoms with Gasteiger partial charge in [0.1, 0.15) is 5.82 Å². The second-order valence-corrected chi connectivity index (χ2v) is 4.99. The molecule has 0 aliphatic rings. The highest BCUT2D eigenvalue weighted by molar-refractivity contribution is 5.32. The summed E-state index contributed by atoms with van der Waals surface area (Å²) in [4.78, 5) is 4.50. The Kier molecular flexibility index (Phi) is 4.04. The fourth-order valence-electron chi connectivity index (χ4n) is 2.47. The van der Waals surface area contributed by atoms with E-state index in [0.29, 0.717) is 0 Å². The highest BCUT2D eigenvalue weighted by Crippen LogP contribution is 2.26. The van der Waals surface area contributed by atoms with E-state index in [1.54, 1.807) is 0 Å². The second kappa shape index (κ2) is 5.57. The molecule has 0 radical (unpaired) electrons. The van der Waals surface area contributed by atoms with Gasteiger partial charge >= 0.3 is 0 Å². The lowest BCUT2D eigenvalue weighted by Crippen LogP contribution is -2.26. The monoisotopic (exact) mass is 261 g/mol. The van der Waals surface area contributed by atoms with Crippen molar-refractivity contribution in [2.24, 2.45) is 14.1 Å². The first-order valence-corrected chi connectivity index (χ1v) is 6.77. The van der Waals surface area contributed by atoms with Crippen LogP contribution in [-0.2, 0) is 14.1 Å². The molecule has 2 aromatic heterocycles. The standard InChI is InChI=1S/C14H23N5/c1-6-7-15-13(14-16-8-9-18(14)4)12-10(2)17-19(5)11(12)3/h8-9,13,15H,6-7H2,1-5H3. The van der Waals surface area contributed by atoms with Gasteiger partial charge in [0.2, 0.25) is 0 Å². The Bertz CT molecular complexity index is 552. The molecule has 0 aromatic carbocycles. The molecule has 2 aromatic rings. The number of hydrogen-bond acceptors (Lipinski definition) is 3. The lowest BCUT2D eigenvalue weighted by Gasteiger charge is -2.19. The van der Waals surface area contributed by atoms with E-state index in [9.17, 15) is 0 Å². The van der Waals surface area contributed by atoms with E-state index in [1.807, 2.05) is 31.2 Å². The second-order valence-electron chi connectivity index (χ2n) is 4.99. The summed E-state index contributed by atoms with van der Waals surface area (Å²) in [6.45, 7) is 7.31. The third-order valence-corrected chi connectivity index (χ3v) is 3.57. The number of hydrogen-bond donors (Lipinski definition) is 1. The quantitative estimate of drug-likeness (QED) is 0.893. The molecule has 0 amide bonds. The largest absolute Gasteiger partial charge is 0.336 e. The molecular formula is C14H23N5. The van der Waals surface area contributed by atoms with Gasteiger partial charge in [-0.15, -0.1) is 0 Å². The Hall–Kier alpha value is -1.62. The third kappa shape index (κ3) is 2.56. The Labute approximate surface area is 114 Å². The van der Waals surface area contributed by atoms with Crippen molar-refractivity contribution >= 4 is 0 Å². The maximum atomic E-state index is 4.52. The molecule has 0 saturated heterocycles. The highest BCUT2D eigenvalue weighted by Gasteiger charge is 2.24. The van der Waals surface area contributed by atoms with Gasteiger partial charge < -0.3 is 9.88 Å². The van der Waals surface area contributed by atoms with Crippen LogP contribution in [0.4, 0.5) is 0 Å². The van der Waals surface area contributed by atoms with Gasteiger partial charge in [0.15, 0.2) is 0 Å². The number of aryl methyl sites for hydroxylation is 3. The molecule has 0 saturated carbocycles. The lowest BCUT2D eigenvalue weighted by atomic mass is 10.0. The van der Waals surface area contributed by atoms with Crippen molar-refractivity contribution in [3.63, 3.8) is 0 Å². The Morgan fingerprint density at radius 3 is 2.53 bits per heavy atom. The van der Waals surface area contributed by atoms with Gasteiger partial charge in [-0.1, -0.05) is 6.92 Å². The van der Waals surface area contributed by atoms with E-state index >= 15 is 0 Å². The van der Waals surface area contributed by atoms with Crippen LogP contribution in [0.15, 0.2) is 12.4 Å². The van der Waals surface area contributed by atoms with Crippen molar-refractivity contribution in [2.75, 3.05) is 6.54 Å². The van der Waals surface area contributed by atoms with Crippen molar-refractivity contribution in [2.45, 2.75) is 33.2 Å². The minimum Gasteiger partial charge on any atom is -0.336 e. The average Bonchev–Trinajstić information content (AvgIpc) is 2.88. The van der Waals surface area contributed by atoms with Gasteiger partial charge in [0.05, 0.1) is 11.7 Å². The van der Waals surface area contributed by atoms with Gasteiger partial charge in [-0.2, -0.15) is 5.10 Å². The first kappa shape index (κ1) is 13.8. The average molecular weight is 261 g/mol. The Morgan fingerprint density at radius 1 is 1.32 bits per heavy atom. The van der Waals surface area contributed by atoms with Gasteiger partial charge in [0.25, 0.3) is 0 Å². The zero-order valence-electron chi connectivity index (χ0n) is 12.4. The van der Waals surface area contributed by atoms with Crippen LogP contribution in [0.3, 0.4) is 0 Å². The van der Waals surface area contributed by atoms with Crippen molar-refractivity contribution < 1.29 is 0 Å². The van der Waals surface area contributed by atoms with Crippen molar-refractivity contribution in [1.82, 2.24) is 24.6 Å². The molecule has 1 N–H and O–H groups in total. The predicted molar refractivity (Wildman–Crippen MR) is 76.0 cm³/mol. The number of imidazole rings is 1. The maximum absolute atomic E-state index is 4.52. The summed E-state index contributed by atoms with van der Waals surface area (Å²) in [5.41, 5.74) is 3.50. The summed E-state index contributed by atoms with van der Waals surface area (Å²) in [5, 5.41) is 8.11. The molecule has 0 spiro atoms. The van der Waals surface area contributed by atoms with Crippen molar-refractivity contribution in [3.8, 4) is 0 Å². The third-order valence-electron chi connectivity index (χ3n) is 3.57. The molecule has 5 nitrogen and oxygen atoms in total. The smallest absolute Gasteiger partial charge is 0.130 e. The van der Waals surface area contributed by atoms with Gasteiger partial charge in [0, 0.05) is 37.7 Å². The van der Waals surface area contributed by atoms with Gasteiger partial charge in [-0.25, -0.2) is 4.98 Å². The van der Waals surface area contributed by atoms with E-state index in [0.717, 1.165) is 24.5 Å². The first-order valence-electron chi connectivity index (χ1n) is 6.77. The van der Waals surface area contributed by atoms with Gasteiger partial charge in [-0.3, -0.25) is 4.68 Å². The van der Waals surface area contributed by atoms with Crippen LogP contribution in [-0.4, -0.2) is 25.9 Å². The number of nitrogens with zero attached hydrogens (tertiary/aromatic N) is 4. The van der Waals surface area contributed by atoms with E-state index in [4.69, 9.17) is 0 Å². The summed E-state index contributed by atoms with van der Waals surface area (Å²) in [6.07, 6.45) is 4.92. The summed E-state index contributed by atoms with van der Waals surface area (Å²) in [7, 11) is 4.02. The summed E-state index contributed by atoms with van der Waals surface area (Å²) in [5.74, 6) is 1.03. The van der Waals surface area contributed by atoms with Crippen LogP contribution in [0, 0.1) is 13.8 Å². The molecule has 2 heterocycles. The van der Waals surface area contributed by atoms with Crippen LogP contribution in [0.5, 0.6) is 0 Å². The molecule has 5 heteroatoms. The maximum Gasteiger partial charge on any atom is 0.130 e. The van der Waals surface area contributed by atoms with E-state index in [-0.39, 0.29) is 6.04 Å². The van der Waals surface area contributed by atoms with E-state index < -0.39 is 0 Å². The lowest BCUT2D eigenvalue weighted by molar-refractivity contribution is 0.551. The molecule has 1 unspecified atom stereocenters. The number of nitrogens with one attached hydrogen (secondary N) is 1. The molecule has 0 fully saturated rings. The SMILES string of the molecule is CCCNC(c1c(C)nn(C)c1C)c1nccn1C. The first-order chi connectivity index (χ1) is 9.06. The van der Waals surface area contributed by atoms with Crippen LogP contribution < -0.4 is 5.32 Å². The van der Waals surface area contributed by atoms with E-state index in [1.165, 1.54) is 11.3 Å². The summed E-state index contributed by atoms with van der Waals surface area (Å²) in [6, 6.07) is 0.105.